The molecule has 2 aliphatic heterocycles. The van der Waals surface area contributed by atoms with Crippen LogP contribution in [0.5, 0.6) is 0 Å². The first-order chi connectivity index (χ1) is 5.78. The monoisotopic (exact) mass is 164 g/mol. The maximum absolute atomic E-state index is 11.2. The Hall–Kier alpha value is -0.630. The van der Waals surface area contributed by atoms with E-state index in [1.807, 2.05) is 0 Å². The Morgan fingerprint density at radius 3 is 2.92 bits per heavy atom. The maximum Gasteiger partial charge on any atom is 0.133 e. The summed E-state index contributed by atoms with van der Waals surface area (Å²) in [7, 11) is 0. The molecule has 1 saturated heterocycles. The predicted octanol–water partition coefficient (Wildman–Crippen LogP) is 1.45. The van der Waals surface area contributed by atoms with Crippen LogP contribution in [0, 0.1) is 5.41 Å². The molecule has 0 aromatic heterocycles. The van der Waals surface area contributed by atoms with E-state index in [1.165, 1.54) is 0 Å². The Morgan fingerprint density at radius 2 is 2.42 bits per heavy atom. The molecular formula is C10H12O2. The van der Waals surface area contributed by atoms with Crippen LogP contribution < -0.4 is 0 Å². The summed E-state index contributed by atoms with van der Waals surface area (Å²) in [5, 5.41) is 0. The number of carbonyl (C=O) groups is 1. The van der Waals surface area contributed by atoms with Gasteiger partial charge in [0.15, 0.2) is 0 Å². The highest BCUT2D eigenvalue weighted by atomic mass is 16.5. The van der Waals surface area contributed by atoms with Crippen LogP contribution in [0.4, 0.5) is 0 Å². The van der Waals surface area contributed by atoms with Crippen molar-refractivity contribution in [3.05, 3.63) is 12.2 Å². The van der Waals surface area contributed by atoms with E-state index < -0.39 is 0 Å². The Labute approximate surface area is 71.6 Å². The Bertz CT molecular complexity index is 269. The molecule has 1 spiro atoms. The topological polar surface area (TPSA) is 26.3 Å². The summed E-state index contributed by atoms with van der Waals surface area (Å²) in [4.78, 5) is 11.2. The smallest absolute Gasteiger partial charge is 0.133 e. The second-order valence-electron chi connectivity index (χ2n) is 4.26. The van der Waals surface area contributed by atoms with E-state index in [0.717, 1.165) is 25.7 Å². The molecule has 1 aliphatic carbocycles. The molecule has 3 unspecified atom stereocenters. The van der Waals surface area contributed by atoms with Gasteiger partial charge >= 0.3 is 0 Å². The molecule has 3 rings (SSSR count). The van der Waals surface area contributed by atoms with Crippen LogP contribution in [0.15, 0.2) is 12.2 Å². The fourth-order valence-corrected chi connectivity index (χ4v) is 2.86. The largest absolute Gasteiger partial charge is 0.366 e. The van der Waals surface area contributed by atoms with Crippen LogP contribution in [-0.4, -0.2) is 18.0 Å². The van der Waals surface area contributed by atoms with Gasteiger partial charge < -0.3 is 4.74 Å². The van der Waals surface area contributed by atoms with Crippen LogP contribution >= 0.6 is 0 Å². The van der Waals surface area contributed by atoms with Crippen LogP contribution in [0.3, 0.4) is 0 Å². The van der Waals surface area contributed by atoms with E-state index in [-0.39, 0.29) is 11.5 Å². The van der Waals surface area contributed by atoms with Gasteiger partial charge in [0.2, 0.25) is 0 Å². The van der Waals surface area contributed by atoms with Gasteiger partial charge in [0.25, 0.3) is 0 Å². The van der Waals surface area contributed by atoms with E-state index in [1.54, 1.807) is 0 Å². The number of ether oxygens (including phenoxy) is 1. The maximum atomic E-state index is 11.2. The van der Waals surface area contributed by atoms with Crippen molar-refractivity contribution >= 4 is 5.78 Å². The van der Waals surface area contributed by atoms with Gasteiger partial charge in [-0.15, -0.1) is 0 Å². The van der Waals surface area contributed by atoms with Crippen molar-refractivity contribution < 1.29 is 9.53 Å². The minimum atomic E-state index is 0.219. The number of hydrogen-bond donors (Lipinski definition) is 0. The first-order valence-corrected chi connectivity index (χ1v) is 4.64. The second-order valence-corrected chi connectivity index (χ2v) is 4.26. The van der Waals surface area contributed by atoms with Crippen molar-refractivity contribution in [2.24, 2.45) is 5.41 Å². The lowest BCUT2D eigenvalue weighted by atomic mass is 9.75. The van der Waals surface area contributed by atoms with E-state index in [9.17, 15) is 4.79 Å². The van der Waals surface area contributed by atoms with Crippen molar-refractivity contribution in [2.75, 3.05) is 0 Å². The number of hydrogen-bond acceptors (Lipinski definition) is 2. The number of Topliss-reactive ketones (excluding diaryl/α,β-unsaturated/α-hetero) is 1. The fourth-order valence-electron chi connectivity index (χ4n) is 2.86. The molecule has 64 valence electrons. The minimum absolute atomic E-state index is 0.219. The third kappa shape index (κ3) is 0.712. The first kappa shape index (κ1) is 6.84. The zero-order chi connectivity index (χ0) is 8.18. The van der Waals surface area contributed by atoms with E-state index in [4.69, 9.17) is 4.74 Å². The molecule has 2 nitrogen and oxygen atoms in total. The van der Waals surface area contributed by atoms with Crippen molar-refractivity contribution in [1.82, 2.24) is 0 Å². The average molecular weight is 164 g/mol. The highest BCUT2D eigenvalue weighted by Crippen LogP contribution is 2.52. The van der Waals surface area contributed by atoms with Gasteiger partial charge in [0.1, 0.15) is 5.78 Å². The van der Waals surface area contributed by atoms with Crippen molar-refractivity contribution in [1.29, 1.82) is 0 Å². The zero-order valence-electron chi connectivity index (χ0n) is 6.95. The molecule has 0 N–H and O–H groups in total. The molecule has 0 aromatic rings. The van der Waals surface area contributed by atoms with Gasteiger partial charge in [-0.2, -0.15) is 0 Å². The van der Waals surface area contributed by atoms with Crippen molar-refractivity contribution in [3.63, 3.8) is 0 Å². The molecule has 2 fully saturated rings. The Balaban J connectivity index is 1.94. The molecule has 2 heteroatoms. The van der Waals surface area contributed by atoms with Crippen molar-refractivity contribution in [2.45, 2.75) is 37.9 Å². The van der Waals surface area contributed by atoms with Gasteiger partial charge in [0.05, 0.1) is 12.2 Å². The zero-order valence-corrected chi connectivity index (χ0v) is 6.95. The highest BCUT2D eigenvalue weighted by molar-refractivity contribution is 5.81. The lowest BCUT2D eigenvalue weighted by molar-refractivity contribution is -0.118. The highest BCUT2D eigenvalue weighted by Gasteiger charge is 2.52. The molecule has 3 atom stereocenters. The second kappa shape index (κ2) is 1.99. The Morgan fingerprint density at radius 1 is 1.50 bits per heavy atom. The summed E-state index contributed by atoms with van der Waals surface area (Å²) in [6, 6.07) is 0. The third-order valence-electron chi connectivity index (χ3n) is 3.48. The predicted molar refractivity (Wildman–Crippen MR) is 43.7 cm³/mol. The number of carbonyl (C=O) groups excluding carboxylic acids is 1. The summed E-state index contributed by atoms with van der Waals surface area (Å²) >= 11 is 0. The number of ketones is 1. The van der Waals surface area contributed by atoms with Gasteiger partial charge in [-0.25, -0.2) is 0 Å². The van der Waals surface area contributed by atoms with E-state index in [0.29, 0.717) is 11.9 Å². The molecule has 12 heavy (non-hydrogen) atoms. The summed E-state index contributed by atoms with van der Waals surface area (Å²) in [5.74, 6) is 0.430. The average Bonchev–Trinajstić information content (AvgIpc) is 2.67. The fraction of sp³-hybridized carbons (Fsp3) is 0.700. The molecule has 3 aliphatic rings. The summed E-state index contributed by atoms with van der Waals surface area (Å²) < 4.78 is 5.70. The molecule has 0 amide bonds. The van der Waals surface area contributed by atoms with Crippen LogP contribution in [-0.2, 0) is 9.53 Å². The summed E-state index contributed by atoms with van der Waals surface area (Å²) in [6.07, 6.45) is 8.54. The number of rotatable bonds is 0. The first-order valence-electron chi connectivity index (χ1n) is 4.64. The number of fused-ring (bicyclic) bond motifs is 3. The SMILES string of the molecule is O=C1CCC2(C1)CC1C=CC2O1. The van der Waals surface area contributed by atoms with Gasteiger partial charge in [-0.3, -0.25) is 4.79 Å². The van der Waals surface area contributed by atoms with Crippen LogP contribution in [0.2, 0.25) is 0 Å². The summed E-state index contributed by atoms with van der Waals surface area (Å²) in [6.45, 7) is 0. The summed E-state index contributed by atoms with van der Waals surface area (Å²) in [5.41, 5.74) is 0.219. The lowest BCUT2D eigenvalue weighted by Gasteiger charge is -2.26. The van der Waals surface area contributed by atoms with Gasteiger partial charge in [-0.05, 0) is 12.8 Å². The molecule has 1 saturated carbocycles. The Kier molecular flexibility index (Phi) is 1.14. The quantitative estimate of drug-likeness (QED) is 0.506. The molecule has 2 bridgehead atoms. The van der Waals surface area contributed by atoms with E-state index >= 15 is 0 Å². The van der Waals surface area contributed by atoms with Crippen LogP contribution in [0.25, 0.3) is 0 Å². The van der Waals surface area contributed by atoms with Crippen LogP contribution in [0.1, 0.15) is 25.7 Å². The standard InChI is InChI=1S/C10H12O2/c11-7-3-4-10(5-7)6-8-1-2-9(10)12-8/h1-2,8-9H,3-6H2. The van der Waals surface area contributed by atoms with Crippen molar-refractivity contribution in [3.8, 4) is 0 Å². The lowest BCUT2D eigenvalue weighted by Crippen LogP contribution is -2.27. The van der Waals surface area contributed by atoms with Gasteiger partial charge in [-0.1, -0.05) is 12.2 Å². The van der Waals surface area contributed by atoms with Gasteiger partial charge in [0, 0.05) is 18.3 Å². The molecule has 2 heterocycles. The molecule has 0 aromatic carbocycles. The third-order valence-corrected chi connectivity index (χ3v) is 3.48. The normalized spacial score (nSPS) is 49.8. The molecule has 0 radical (unpaired) electrons. The minimum Gasteiger partial charge on any atom is -0.366 e. The molecular weight excluding hydrogens is 152 g/mol. The van der Waals surface area contributed by atoms with E-state index in [2.05, 4.69) is 12.2 Å².